The van der Waals surface area contributed by atoms with Crippen molar-refractivity contribution in [2.45, 2.75) is 110 Å². The molecule has 0 fully saturated rings. The summed E-state index contributed by atoms with van der Waals surface area (Å²) in [4.78, 5) is 42.1. The summed E-state index contributed by atoms with van der Waals surface area (Å²) in [5, 5.41) is 10.1. The van der Waals surface area contributed by atoms with Gasteiger partial charge in [0.05, 0.1) is 12.7 Å². The molecule has 0 aromatic carbocycles. The molecule has 0 radical (unpaired) electrons. The first-order chi connectivity index (χ1) is 19.7. The van der Waals surface area contributed by atoms with E-state index in [0.717, 1.165) is 51.4 Å². The predicted molar refractivity (Wildman–Crippen MR) is 162 cm³/mol. The number of aliphatic hydroxyl groups excluding tert-OH is 1. The number of unbranched alkanes of at least 4 members (excludes halogenated alkanes) is 4. The molecule has 0 rings (SSSR count). The molecule has 0 spiro atoms. The van der Waals surface area contributed by atoms with E-state index >= 15 is 0 Å². The Kier molecular flexibility index (Phi) is 25.1. The van der Waals surface area contributed by atoms with Gasteiger partial charge in [0.2, 0.25) is 0 Å². The largest absolute Gasteiger partial charge is 0.469 e. The molecule has 41 heavy (non-hydrogen) atoms. The van der Waals surface area contributed by atoms with Crippen LogP contribution in [-0.2, 0) is 28.2 Å². The molecule has 2 atom stereocenters. The summed E-state index contributed by atoms with van der Waals surface area (Å²) in [7, 11) is -4.79. The molecule has 0 saturated heterocycles. The highest BCUT2D eigenvalue weighted by molar-refractivity contribution is 7.46. The first kappa shape index (κ1) is 38.7. The fourth-order valence-electron chi connectivity index (χ4n) is 3.46. The van der Waals surface area contributed by atoms with Crippen molar-refractivity contribution >= 4 is 19.8 Å². The smallest absolute Gasteiger partial charge is 0.462 e. The van der Waals surface area contributed by atoms with Crippen LogP contribution in [0.2, 0.25) is 0 Å². The molecule has 0 heterocycles. The standard InChI is InChI=1S/C31H51O9P/c1-3-5-7-9-10-11-12-13-14-15-16-18-19-22-28(32)23-21-25-31(34)40-29(27-39-41(35,36)37)26-38-30(33)24-20-17-8-6-4-2/h5,7,10-11,13-14,16,18-19,22,28-29,32H,3-4,6,8-9,12,15,17,20-21,23-27H2,1-2H3,(H2,35,36,37)/b7-5-,11-10-,14-13-,18-16-,22-19+/t28?,29-/m1/s1. The first-order valence-electron chi connectivity index (χ1n) is 14.7. The molecule has 234 valence electrons. The van der Waals surface area contributed by atoms with Crippen LogP contribution in [0.5, 0.6) is 0 Å². The Labute approximate surface area is 246 Å². The lowest BCUT2D eigenvalue weighted by Crippen LogP contribution is -2.29. The van der Waals surface area contributed by atoms with Gasteiger partial charge in [-0.15, -0.1) is 0 Å². The Morgan fingerprint density at radius 2 is 1.37 bits per heavy atom. The normalized spacial score (nSPS) is 14.2. The van der Waals surface area contributed by atoms with Crippen molar-refractivity contribution < 1.29 is 43.0 Å². The SMILES string of the molecule is CC/C=C\C/C=C\C/C=C\C/C=C\C=C\C(O)CCCC(=O)O[C@H](COC(=O)CCCCCCC)COP(=O)(O)O. The van der Waals surface area contributed by atoms with Gasteiger partial charge < -0.3 is 24.4 Å². The van der Waals surface area contributed by atoms with Crippen molar-refractivity contribution in [3.8, 4) is 0 Å². The first-order valence-corrected chi connectivity index (χ1v) is 16.2. The summed E-state index contributed by atoms with van der Waals surface area (Å²) in [5.74, 6) is -1.11. The minimum atomic E-state index is -4.79. The van der Waals surface area contributed by atoms with Crippen LogP contribution in [0.15, 0.2) is 60.8 Å². The van der Waals surface area contributed by atoms with E-state index in [4.69, 9.17) is 19.3 Å². The molecule has 0 aromatic heterocycles. The number of hydrogen-bond donors (Lipinski definition) is 3. The van der Waals surface area contributed by atoms with Crippen molar-refractivity contribution in [2.75, 3.05) is 13.2 Å². The van der Waals surface area contributed by atoms with Crippen molar-refractivity contribution in [3.63, 3.8) is 0 Å². The lowest BCUT2D eigenvalue weighted by molar-refractivity contribution is -0.161. The lowest BCUT2D eigenvalue weighted by atomic mass is 10.1. The molecule has 0 amide bonds. The fourth-order valence-corrected chi connectivity index (χ4v) is 3.82. The molecule has 0 saturated carbocycles. The van der Waals surface area contributed by atoms with E-state index < -0.39 is 38.6 Å². The maximum Gasteiger partial charge on any atom is 0.469 e. The quantitative estimate of drug-likeness (QED) is 0.0340. The highest BCUT2D eigenvalue weighted by Crippen LogP contribution is 2.35. The zero-order valence-electron chi connectivity index (χ0n) is 24.8. The molecule has 9 nitrogen and oxygen atoms in total. The van der Waals surface area contributed by atoms with Gasteiger partial charge >= 0.3 is 19.8 Å². The van der Waals surface area contributed by atoms with Gasteiger partial charge in [0, 0.05) is 12.8 Å². The second-order valence-electron chi connectivity index (χ2n) is 9.55. The van der Waals surface area contributed by atoms with Gasteiger partial charge in [-0.3, -0.25) is 14.1 Å². The molecular formula is C31H51O9P. The number of phosphoric acid groups is 1. The van der Waals surface area contributed by atoms with Crippen LogP contribution in [0.4, 0.5) is 0 Å². The van der Waals surface area contributed by atoms with Gasteiger partial charge in [0.1, 0.15) is 6.61 Å². The molecular weight excluding hydrogens is 547 g/mol. The summed E-state index contributed by atoms with van der Waals surface area (Å²) in [6, 6.07) is 0. The van der Waals surface area contributed by atoms with Gasteiger partial charge in [-0.1, -0.05) is 100 Å². The van der Waals surface area contributed by atoms with Crippen molar-refractivity contribution in [1.82, 2.24) is 0 Å². The van der Waals surface area contributed by atoms with E-state index in [1.807, 2.05) is 12.2 Å². The third kappa shape index (κ3) is 29.0. The van der Waals surface area contributed by atoms with Crippen LogP contribution >= 0.6 is 7.82 Å². The molecule has 0 bridgehead atoms. The molecule has 0 aliphatic rings. The van der Waals surface area contributed by atoms with E-state index in [9.17, 15) is 19.3 Å². The third-order valence-electron chi connectivity index (χ3n) is 5.65. The highest BCUT2D eigenvalue weighted by atomic mass is 31.2. The average molecular weight is 599 g/mol. The van der Waals surface area contributed by atoms with Gasteiger partial charge in [-0.05, 0) is 44.9 Å². The minimum Gasteiger partial charge on any atom is -0.462 e. The Balaban J connectivity index is 4.31. The van der Waals surface area contributed by atoms with Gasteiger partial charge in [-0.25, -0.2) is 4.57 Å². The number of hydrogen-bond acceptors (Lipinski definition) is 7. The minimum absolute atomic E-state index is 0.0212. The van der Waals surface area contributed by atoms with Crippen molar-refractivity contribution in [3.05, 3.63) is 60.8 Å². The summed E-state index contributed by atoms with van der Waals surface area (Å²) < 4.78 is 25.8. The number of carbonyl (C=O) groups is 2. The van der Waals surface area contributed by atoms with E-state index in [2.05, 4.69) is 54.8 Å². The number of esters is 2. The topological polar surface area (TPSA) is 140 Å². The number of allylic oxidation sites excluding steroid dienone is 9. The summed E-state index contributed by atoms with van der Waals surface area (Å²) in [6.07, 6.45) is 27.5. The Morgan fingerprint density at radius 1 is 0.756 bits per heavy atom. The molecule has 0 aliphatic heterocycles. The zero-order valence-corrected chi connectivity index (χ0v) is 25.7. The predicted octanol–water partition coefficient (Wildman–Crippen LogP) is 6.80. The van der Waals surface area contributed by atoms with Crippen molar-refractivity contribution in [2.24, 2.45) is 0 Å². The van der Waals surface area contributed by atoms with Crippen LogP contribution in [0, 0.1) is 0 Å². The van der Waals surface area contributed by atoms with Crippen LogP contribution in [0.1, 0.15) is 97.3 Å². The Hall–Kier alpha value is -2.29. The second kappa shape index (κ2) is 26.6. The maximum atomic E-state index is 12.2. The molecule has 1 unspecified atom stereocenters. The molecule has 0 aromatic rings. The number of ether oxygens (including phenoxy) is 2. The van der Waals surface area contributed by atoms with E-state index in [1.165, 1.54) is 0 Å². The Bertz CT molecular complexity index is 871. The van der Waals surface area contributed by atoms with Gasteiger partial charge in [-0.2, -0.15) is 0 Å². The van der Waals surface area contributed by atoms with Crippen LogP contribution < -0.4 is 0 Å². The van der Waals surface area contributed by atoms with Crippen LogP contribution in [0.25, 0.3) is 0 Å². The second-order valence-corrected chi connectivity index (χ2v) is 10.8. The van der Waals surface area contributed by atoms with Crippen LogP contribution in [-0.4, -0.2) is 52.3 Å². The van der Waals surface area contributed by atoms with Gasteiger partial charge in [0.15, 0.2) is 6.10 Å². The molecule has 10 heteroatoms. The number of aliphatic hydroxyl groups is 1. The number of carbonyl (C=O) groups excluding carboxylic acids is 2. The average Bonchev–Trinajstić information content (AvgIpc) is 2.92. The van der Waals surface area contributed by atoms with Crippen molar-refractivity contribution in [1.29, 1.82) is 0 Å². The van der Waals surface area contributed by atoms with E-state index in [1.54, 1.807) is 12.2 Å². The monoisotopic (exact) mass is 598 g/mol. The number of phosphoric ester groups is 1. The van der Waals surface area contributed by atoms with E-state index in [0.29, 0.717) is 19.3 Å². The highest BCUT2D eigenvalue weighted by Gasteiger charge is 2.23. The Morgan fingerprint density at radius 3 is 2.00 bits per heavy atom. The summed E-state index contributed by atoms with van der Waals surface area (Å²) in [5.41, 5.74) is 0. The zero-order chi connectivity index (χ0) is 30.6. The van der Waals surface area contributed by atoms with E-state index in [-0.39, 0.29) is 19.4 Å². The fraction of sp³-hybridized carbons (Fsp3) is 0.613. The van der Waals surface area contributed by atoms with Gasteiger partial charge in [0.25, 0.3) is 0 Å². The third-order valence-corrected chi connectivity index (χ3v) is 6.14. The maximum absolute atomic E-state index is 12.2. The summed E-state index contributed by atoms with van der Waals surface area (Å²) in [6.45, 7) is 3.24. The van der Waals surface area contributed by atoms with Crippen LogP contribution in [0.3, 0.4) is 0 Å². The molecule has 0 aliphatic carbocycles. The number of rotatable bonds is 25. The molecule has 3 N–H and O–H groups in total. The summed E-state index contributed by atoms with van der Waals surface area (Å²) >= 11 is 0. The lowest BCUT2D eigenvalue weighted by Gasteiger charge is -2.18.